The maximum atomic E-state index is 11.5. The molecule has 1 rings (SSSR count). The molecule has 0 radical (unpaired) electrons. The number of nitrogens with one attached hydrogen (secondary N) is 1. The van der Waals surface area contributed by atoms with E-state index < -0.39 is 0 Å². The fraction of sp³-hybridized carbons (Fsp3) is 0.562. The molecule has 0 aliphatic heterocycles. The minimum Gasteiger partial charge on any atom is -0.493 e. The fourth-order valence-electron chi connectivity index (χ4n) is 1.56. The van der Waals surface area contributed by atoms with Crippen LogP contribution in [0.5, 0.6) is 11.5 Å². The van der Waals surface area contributed by atoms with Crippen LogP contribution < -0.4 is 14.8 Å². The first kappa shape index (κ1) is 17.3. The van der Waals surface area contributed by atoms with E-state index >= 15 is 0 Å². The topological polar surface area (TPSA) is 56.8 Å². The standard InChI is InChI=1S/C16H25NO4/c1-13(2)7-9-20-14-5-4-6-15(11-14)21-12-16(18)17-8-10-19-3/h4-6,11,13H,7-10,12H2,1-3H3,(H,17,18). The van der Waals surface area contributed by atoms with E-state index in [1.807, 2.05) is 12.1 Å². The zero-order chi connectivity index (χ0) is 15.5. The Morgan fingerprint density at radius 1 is 1.19 bits per heavy atom. The van der Waals surface area contributed by atoms with Gasteiger partial charge in [0.15, 0.2) is 6.61 Å². The van der Waals surface area contributed by atoms with Crippen molar-refractivity contribution in [1.29, 1.82) is 0 Å². The number of hydrogen-bond acceptors (Lipinski definition) is 4. The Labute approximate surface area is 126 Å². The molecular formula is C16H25NO4. The van der Waals surface area contributed by atoms with Crippen LogP contribution in [0.25, 0.3) is 0 Å². The van der Waals surface area contributed by atoms with Gasteiger partial charge in [0, 0.05) is 19.7 Å². The Bertz CT molecular complexity index is 420. The van der Waals surface area contributed by atoms with Crippen molar-refractivity contribution >= 4 is 5.91 Å². The van der Waals surface area contributed by atoms with Gasteiger partial charge in [0.05, 0.1) is 13.2 Å². The average Bonchev–Trinajstić information content (AvgIpc) is 2.45. The zero-order valence-electron chi connectivity index (χ0n) is 13.1. The molecule has 0 aliphatic rings. The summed E-state index contributed by atoms with van der Waals surface area (Å²) in [5.74, 6) is 1.82. The van der Waals surface area contributed by atoms with E-state index in [0.29, 0.717) is 31.4 Å². The van der Waals surface area contributed by atoms with Gasteiger partial charge in [0.1, 0.15) is 11.5 Å². The summed E-state index contributed by atoms with van der Waals surface area (Å²) in [5.41, 5.74) is 0. The number of methoxy groups -OCH3 is 1. The molecule has 0 saturated carbocycles. The van der Waals surface area contributed by atoms with E-state index in [2.05, 4.69) is 19.2 Å². The molecule has 21 heavy (non-hydrogen) atoms. The molecule has 0 spiro atoms. The Morgan fingerprint density at radius 3 is 2.57 bits per heavy atom. The SMILES string of the molecule is COCCNC(=O)COc1cccc(OCCC(C)C)c1. The average molecular weight is 295 g/mol. The summed E-state index contributed by atoms with van der Waals surface area (Å²) in [6.45, 7) is 5.95. The maximum absolute atomic E-state index is 11.5. The highest BCUT2D eigenvalue weighted by Gasteiger charge is 2.03. The monoisotopic (exact) mass is 295 g/mol. The number of amides is 1. The smallest absolute Gasteiger partial charge is 0.258 e. The van der Waals surface area contributed by atoms with Gasteiger partial charge in [-0.25, -0.2) is 0 Å². The minimum atomic E-state index is -0.168. The van der Waals surface area contributed by atoms with Gasteiger partial charge in [-0.15, -0.1) is 0 Å². The summed E-state index contributed by atoms with van der Waals surface area (Å²) in [6.07, 6.45) is 1.01. The van der Waals surface area contributed by atoms with Gasteiger partial charge in [-0.1, -0.05) is 19.9 Å². The molecule has 0 fully saturated rings. The van der Waals surface area contributed by atoms with Gasteiger partial charge in [0.2, 0.25) is 0 Å². The predicted octanol–water partition coefficient (Wildman–Crippen LogP) is 2.25. The molecule has 1 N–H and O–H groups in total. The first-order chi connectivity index (χ1) is 10.1. The number of rotatable bonds is 10. The van der Waals surface area contributed by atoms with Gasteiger partial charge < -0.3 is 19.5 Å². The van der Waals surface area contributed by atoms with Crippen LogP contribution in [0.3, 0.4) is 0 Å². The number of benzene rings is 1. The van der Waals surface area contributed by atoms with Crippen LogP contribution in [0, 0.1) is 5.92 Å². The van der Waals surface area contributed by atoms with Crippen molar-refractivity contribution in [3.63, 3.8) is 0 Å². The Morgan fingerprint density at radius 2 is 1.90 bits per heavy atom. The molecule has 0 aliphatic carbocycles. The summed E-state index contributed by atoms with van der Waals surface area (Å²) in [4.78, 5) is 11.5. The number of carbonyl (C=O) groups is 1. The van der Waals surface area contributed by atoms with Crippen molar-refractivity contribution in [2.45, 2.75) is 20.3 Å². The van der Waals surface area contributed by atoms with Gasteiger partial charge >= 0.3 is 0 Å². The molecule has 0 atom stereocenters. The third-order valence-electron chi connectivity index (χ3n) is 2.77. The fourth-order valence-corrected chi connectivity index (χ4v) is 1.56. The second kappa shape index (κ2) is 10.0. The molecule has 1 aromatic rings. The second-order valence-corrected chi connectivity index (χ2v) is 5.14. The molecule has 5 nitrogen and oxygen atoms in total. The highest BCUT2D eigenvalue weighted by molar-refractivity contribution is 5.77. The molecule has 0 saturated heterocycles. The van der Waals surface area contributed by atoms with Crippen molar-refractivity contribution in [3.8, 4) is 11.5 Å². The Balaban J connectivity index is 2.33. The number of ether oxygens (including phenoxy) is 3. The molecule has 0 bridgehead atoms. The number of hydrogen-bond donors (Lipinski definition) is 1. The van der Waals surface area contributed by atoms with Crippen LogP contribution in [0.2, 0.25) is 0 Å². The van der Waals surface area contributed by atoms with Crippen molar-refractivity contribution in [2.24, 2.45) is 5.92 Å². The lowest BCUT2D eigenvalue weighted by atomic mass is 10.1. The first-order valence-electron chi connectivity index (χ1n) is 7.23. The van der Waals surface area contributed by atoms with Crippen molar-refractivity contribution in [1.82, 2.24) is 5.32 Å². The van der Waals surface area contributed by atoms with Gasteiger partial charge in [0.25, 0.3) is 5.91 Å². The quantitative estimate of drug-likeness (QED) is 0.673. The summed E-state index contributed by atoms with van der Waals surface area (Å²) in [5, 5.41) is 2.69. The van der Waals surface area contributed by atoms with E-state index in [4.69, 9.17) is 14.2 Å². The summed E-state index contributed by atoms with van der Waals surface area (Å²) in [7, 11) is 1.59. The van der Waals surface area contributed by atoms with Gasteiger partial charge in [-0.05, 0) is 24.5 Å². The van der Waals surface area contributed by atoms with E-state index in [0.717, 1.165) is 12.2 Å². The first-order valence-corrected chi connectivity index (χ1v) is 7.23. The van der Waals surface area contributed by atoms with Crippen LogP contribution in [0.4, 0.5) is 0 Å². The molecule has 118 valence electrons. The lowest BCUT2D eigenvalue weighted by molar-refractivity contribution is -0.123. The van der Waals surface area contributed by atoms with E-state index in [-0.39, 0.29) is 12.5 Å². The Hall–Kier alpha value is -1.75. The molecule has 0 aromatic heterocycles. The highest BCUT2D eigenvalue weighted by atomic mass is 16.5. The van der Waals surface area contributed by atoms with Crippen molar-refractivity contribution in [3.05, 3.63) is 24.3 Å². The molecule has 1 amide bonds. The molecule has 1 aromatic carbocycles. The molecule has 0 unspecified atom stereocenters. The van der Waals surface area contributed by atoms with Crippen LogP contribution in [-0.4, -0.2) is 39.4 Å². The van der Waals surface area contributed by atoms with Crippen LogP contribution >= 0.6 is 0 Å². The maximum Gasteiger partial charge on any atom is 0.258 e. The van der Waals surface area contributed by atoms with E-state index in [9.17, 15) is 4.79 Å². The van der Waals surface area contributed by atoms with Gasteiger partial charge in [-0.2, -0.15) is 0 Å². The van der Waals surface area contributed by atoms with Crippen LogP contribution in [0.1, 0.15) is 20.3 Å². The normalized spacial score (nSPS) is 10.5. The predicted molar refractivity (Wildman–Crippen MR) is 81.8 cm³/mol. The second-order valence-electron chi connectivity index (χ2n) is 5.14. The largest absolute Gasteiger partial charge is 0.493 e. The van der Waals surface area contributed by atoms with E-state index in [1.165, 1.54) is 0 Å². The molecular weight excluding hydrogens is 270 g/mol. The summed E-state index contributed by atoms with van der Waals surface area (Å²) in [6, 6.07) is 7.33. The third-order valence-corrected chi connectivity index (χ3v) is 2.77. The summed E-state index contributed by atoms with van der Waals surface area (Å²) < 4.78 is 15.9. The lowest BCUT2D eigenvalue weighted by Gasteiger charge is -2.10. The van der Waals surface area contributed by atoms with Gasteiger partial charge in [-0.3, -0.25) is 4.79 Å². The minimum absolute atomic E-state index is 0.0147. The number of carbonyl (C=O) groups excluding carboxylic acids is 1. The van der Waals surface area contributed by atoms with Crippen molar-refractivity contribution < 1.29 is 19.0 Å². The van der Waals surface area contributed by atoms with Crippen LogP contribution in [-0.2, 0) is 9.53 Å². The highest BCUT2D eigenvalue weighted by Crippen LogP contribution is 2.19. The van der Waals surface area contributed by atoms with Crippen molar-refractivity contribution in [2.75, 3.05) is 33.5 Å². The zero-order valence-corrected chi connectivity index (χ0v) is 13.1. The lowest BCUT2D eigenvalue weighted by Crippen LogP contribution is -2.31. The molecule has 5 heteroatoms. The third kappa shape index (κ3) is 8.19. The molecule has 0 heterocycles. The van der Waals surface area contributed by atoms with Crippen LogP contribution in [0.15, 0.2) is 24.3 Å². The Kier molecular flexibility index (Phi) is 8.28. The summed E-state index contributed by atoms with van der Waals surface area (Å²) >= 11 is 0. The van der Waals surface area contributed by atoms with E-state index in [1.54, 1.807) is 19.2 Å².